The molecule has 1 amide bonds. The summed E-state index contributed by atoms with van der Waals surface area (Å²) in [5, 5.41) is 6.65. The molecule has 5 nitrogen and oxygen atoms in total. The van der Waals surface area contributed by atoms with Crippen LogP contribution in [-0.2, 0) is 12.6 Å². The van der Waals surface area contributed by atoms with Gasteiger partial charge in [-0.3, -0.25) is 14.5 Å². The van der Waals surface area contributed by atoms with Gasteiger partial charge in [0, 0.05) is 19.4 Å². The predicted molar refractivity (Wildman–Crippen MR) is 106 cm³/mol. The van der Waals surface area contributed by atoms with E-state index in [9.17, 15) is 13.6 Å². The summed E-state index contributed by atoms with van der Waals surface area (Å²) < 4.78 is 27.9. The first-order valence-corrected chi connectivity index (χ1v) is 9.97. The van der Waals surface area contributed by atoms with E-state index in [-0.39, 0.29) is 10.7 Å². The van der Waals surface area contributed by atoms with Crippen LogP contribution in [0, 0.1) is 0 Å². The SMILES string of the molecule is CCCCC(CCCC)(NC(=O)c1c(C(F)F)nn(C)c1Cl)c1cccnc1. The molecule has 0 bridgehead atoms. The zero-order valence-electron chi connectivity index (χ0n) is 16.5. The predicted octanol–water partition coefficient (Wildman–Crippen LogP) is 5.41. The smallest absolute Gasteiger partial charge is 0.283 e. The Hall–Kier alpha value is -2.02. The Balaban J connectivity index is 2.48. The standard InChI is InChI=1S/C20H27ClF2N4O/c1-4-6-10-20(11-7-5-2,14-9-8-12-24-13-14)25-19(28)15-16(18(22)23)26-27(3)17(15)21/h8-9,12-13,18H,4-7,10-11H2,1-3H3,(H,25,28). The highest BCUT2D eigenvalue weighted by Crippen LogP contribution is 2.34. The molecule has 0 spiro atoms. The quantitative estimate of drug-likeness (QED) is 0.567. The second-order valence-corrected chi connectivity index (χ2v) is 7.32. The molecule has 0 radical (unpaired) electrons. The number of halogens is 3. The van der Waals surface area contributed by atoms with Gasteiger partial charge in [-0.2, -0.15) is 5.10 Å². The first-order valence-electron chi connectivity index (χ1n) is 9.59. The van der Waals surface area contributed by atoms with Crippen LogP contribution in [0.5, 0.6) is 0 Å². The molecule has 0 aliphatic heterocycles. The fourth-order valence-corrected chi connectivity index (χ4v) is 3.60. The molecule has 0 unspecified atom stereocenters. The Bertz CT molecular complexity index is 772. The summed E-state index contributed by atoms with van der Waals surface area (Å²) in [4.78, 5) is 17.3. The summed E-state index contributed by atoms with van der Waals surface area (Å²) >= 11 is 6.13. The number of hydrogen-bond donors (Lipinski definition) is 1. The van der Waals surface area contributed by atoms with Gasteiger partial charge in [0.05, 0.1) is 5.54 Å². The highest BCUT2D eigenvalue weighted by atomic mass is 35.5. The summed E-state index contributed by atoms with van der Waals surface area (Å²) in [6, 6.07) is 3.73. The minimum absolute atomic E-state index is 0.0983. The van der Waals surface area contributed by atoms with E-state index in [0.717, 1.165) is 35.9 Å². The number of nitrogens with one attached hydrogen (secondary N) is 1. The third kappa shape index (κ3) is 4.87. The Morgan fingerprint density at radius 2 is 1.93 bits per heavy atom. The number of hydrogen-bond acceptors (Lipinski definition) is 3. The molecular weight excluding hydrogens is 386 g/mol. The van der Waals surface area contributed by atoms with E-state index >= 15 is 0 Å². The van der Waals surface area contributed by atoms with Crippen molar-refractivity contribution < 1.29 is 13.6 Å². The summed E-state index contributed by atoms with van der Waals surface area (Å²) in [7, 11) is 1.44. The van der Waals surface area contributed by atoms with Crippen molar-refractivity contribution in [2.45, 2.75) is 64.3 Å². The molecule has 2 aromatic rings. The molecule has 8 heteroatoms. The number of rotatable bonds is 10. The number of amides is 1. The van der Waals surface area contributed by atoms with Gasteiger partial charge in [-0.25, -0.2) is 8.78 Å². The summed E-state index contributed by atoms with van der Waals surface area (Å²) in [5.74, 6) is -0.635. The molecule has 0 aliphatic rings. The Kier molecular flexibility index (Phi) is 7.92. The Labute approximate surface area is 169 Å². The summed E-state index contributed by atoms with van der Waals surface area (Å²) in [6.45, 7) is 4.14. The van der Waals surface area contributed by atoms with Crippen molar-refractivity contribution in [2.75, 3.05) is 0 Å². The van der Waals surface area contributed by atoms with E-state index in [1.807, 2.05) is 12.1 Å². The molecule has 154 valence electrons. The monoisotopic (exact) mass is 412 g/mol. The number of alkyl halides is 2. The van der Waals surface area contributed by atoms with Crippen LogP contribution in [-0.4, -0.2) is 20.7 Å². The van der Waals surface area contributed by atoms with Crippen molar-refractivity contribution in [1.29, 1.82) is 0 Å². The van der Waals surface area contributed by atoms with Crippen molar-refractivity contribution in [2.24, 2.45) is 7.05 Å². The summed E-state index contributed by atoms with van der Waals surface area (Å²) in [6.07, 6.45) is 5.51. The third-order valence-electron chi connectivity index (χ3n) is 4.92. The second-order valence-electron chi connectivity index (χ2n) is 6.96. The van der Waals surface area contributed by atoms with Gasteiger partial charge in [0.15, 0.2) is 0 Å². The molecule has 2 rings (SSSR count). The zero-order valence-corrected chi connectivity index (χ0v) is 17.3. The van der Waals surface area contributed by atoms with E-state index < -0.39 is 23.6 Å². The molecule has 1 N–H and O–H groups in total. The Morgan fingerprint density at radius 1 is 1.29 bits per heavy atom. The molecule has 0 aliphatic carbocycles. The highest BCUT2D eigenvalue weighted by Gasteiger charge is 2.36. The minimum atomic E-state index is -2.89. The first kappa shape index (κ1) is 22.3. The van der Waals surface area contributed by atoms with Gasteiger partial charge in [-0.05, 0) is 24.5 Å². The van der Waals surface area contributed by atoms with Crippen LogP contribution >= 0.6 is 11.6 Å². The van der Waals surface area contributed by atoms with Crippen LogP contribution in [0.1, 0.15) is 80.4 Å². The number of unbranched alkanes of at least 4 members (excludes halogenated alkanes) is 2. The highest BCUT2D eigenvalue weighted by molar-refractivity contribution is 6.33. The molecule has 0 saturated carbocycles. The van der Waals surface area contributed by atoms with Gasteiger partial charge in [-0.1, -0.05) is 57.2 Å². The maximum atomic E-state index is 13.4. The number of aryl methyl sites for hydroxylation is 1. The van der Waals surface area contributed by atoms with Crippen molar-refractivity contribution in [3.05, 3.63) is 46.5 Å². The van der Waals surface area contributed by atoms with Crippen molar-refractivity contribution in [3.8, 4) is 0 Å². The zero-order chi connectivity index (χ0) is 20.7. The lowest BCUT2D eigenvalue weighted by molar-refractivity contribution is 0.0866. The van der Waals surface area contributed by atoms with Crippen LogP contribution in [0.4, 0.5) is 8.78 Å². The molecule has 2 heterocycles. The average molecular weight is 413 g/mol. The van der Waals surface area contributed by atoms with Crippen LogP contribution in [0.25, 0.3) is 0 Å². The lowest BCUT2D eigenvalue weighted by atomic mass is 9.81. The normalized spacial score (nSPS) is 11.8. The molecular formula is C20H27ClF2N4O. The van der Waals surface area contributed by atoms with Gasteiger partial charge in [0.2, 0.25) is 0 Å². The van der Waals surface area contributed by atoms with Gasteiger partial charge in [-0.15, -0.1) is 0 Å². The number of aromatic nitrogens is 3. The maximum absolute atomic E-state index is 13.4. The van der Waals surface area contributed by atoms with E-state index in [2.05, 4.69) is 29.2 Å². The second kappa shape index (κ2) is 9.96. The Morgan fingerprint density at radius 3 is 2.43 bits per heavy atom. The van der Waals surface area contributed by atoms with E-state index in [0.29, 0.717) is 12.8 Å². The molecule has 0 atom stereocenters. The number of nitrogens with zero attached hydrogens (tertiary/aromatic N) is 3. The topological polar surface area (TPSA) is 59.8 Å². The van der Waals surface area contributed by atoms with E-state index in [1.165, 1.54) is 7.05 Å². The molecule has 2 aromatic heterocycles. The van der Waals surface area contributed by atoms with Crippen LogP contribution in [0.2, 0.25) is 5.15 Å². The van der Waals surface area contributed by atoms with Crippen LogP contribution < -0.4 is 5.32 Å². The fraction of sp³-hybridized carbons (Fsp3) is 0.550. The van der Waals surface area contributed by atoms with Crippen molar-refractivity contribution >= 4 is 17.5 Å². The third-order valence-corrected chi connectivity index (χ3v) is 5.35. The number of carbonyl (C=O) groups is 1. The van der Waals surface area contributed by atoms with Crippen molar-refractivity contribution in [3.63, 3.8) is 0 Å². The molecule has 0 fully saturated rings. The van der Waals surface area contributed by atoms with Crippen LogP contribution in [0.15, 0.2) is 24.5 Å². The number of pyridine rings is 1. The lowest BCUT2D eigenvalue weighted by Gasteiger charge is -2.35. The summed E-state index contributed by atoms with van der Waals surface area (Å²) in [5.41, 5.74) is -0.698. The lowest BCUT2D eigenvalue weighted by Crippen LogP contribution is -2.46. The number of carbonyl (C=O) groups excluding carboxylic acids is 1. The van der Waals surface area contributed by atoms with E-state index in [4.69, 9.17) is 11.6 Å². The van der Waals surface area contributed by atoms with Crippen molar-refractivity contribution in [1.82, 2.24) is 20.1 Å². The van der Waals surface area contributed by atoms with Gasteiger partial charge in [0.25, 0.3) is 12.3 Å². The van der Waals surface area contributed by atoms with E-state index in [1.54, 1.807) is 12.4 Å². The molecule has 0 saturated heterocycles. The van der Waals surface area contributed by atoms with Gasteiger partial charge >= 0.3 is 0 Å². The van der Waals surface area contributed by atoms with Gasteiger partial charge in [0.1, 0.15) is 16.4 Å². The fourth-order valence-electron chi connectivity index (χ4n) is 3.38. The first-order chi connectivity index (χ1) is 13.4. The minimum Gasteiger partial charge on any atom is -0.342 e. The maximum Gasteiger partial charge on any atom is 0.283 e. The average Bonchev–Trinajstić information content (AvgIpc) is 3.00. The van der Waals surface area contributed by atoms with Gasteiger partial charge < -0.3 is 5.32 Å². The molecule has 0 aromatic carbocycles. The largest absolute Gasteiger partial charge is 0.342 e. The van der Waals surface area contributed by atoms with Crippen LogP contribution in [0.3, 0.4) is 0 Å². The molecule has 28 heavy (non-hydrogen) atoms.